The molecule has 1 atom stereocenters. The van der Waals surface area contributed by atoms with Crippen molar-refractivity contribution in [2.45, 2.75) is 32.2 Å². The summed E-state index contributed by atoms with van der Waals surface area (Å²) in [6, 6.07) is 7.32. The van der Waals surface area contributed by atoms with Gasteiger partial charge in [0.1, 0.15) is 18.1 Å². The lowest BCUT2D eigenvalue weighted by molar-refractivity contribution is -0.151. The monoisotopic (exact) mass is 293 g/mol. The Bertz CT molecular complexity index is 487. The minimum atomic E-state index is -1.06. The molecule has 1 aromatic carbocycles. The molecule has 1 aliphatic rings. The van der Waals surface area contributed by atoms with Gasteiger partial charge in [0, 0.05) is 6.07 Å². The normalized spacial score (nSPS) is 16.9. The van der Waals surface area contributed by atoms with Gasteiger partial charge in [-0.3, -0.25) is 0 Å². The summed E-state index contributed by atoms with van der Waals surface area (Å²) in [6.07, 6.45) is 1.88. The summed E-state index contributed by atoms with van der Waals surface area (Å²) in [5.41, 5.74) is 5.19. The van der Waals surface area contributed by atoms with Crippen molar-refractivity contribution in [2.75, 3.05) is 19.8 Å². The number of hydrogen-bond donors (Lipinski definition) is 1. The molecule has 1 unspecified atom stereocenters. The van der Waals surface area contributed by atoms with Crippen LogP contribution in [-0.4, -0.2) is 31.3 Å². The highest BCUT2D eigenvalue weighted by Gasteiger charge is 2.50. The molecule has 2 rings (SSSR count). The minimum absolute atomic E-state index is 0.117. The maximum Gasteiger partial charge on any atom is 0.329 e. The smallest absolute Gasteiger partial charge is 0.329 e. The van der Waals surface area contributed by atoms with Crippen molar-refractivity contribution in [1.82, 2.24) is 0 Å². The van der Waals surface area contributed by atoms with Gasteiger partial charge in [0.05, 0.1) is 13.2 Å². The fraction of sp³-hybridized carbons (Fsp3) is 0.562. The Hall–Kier alpha value is -1.75. The van der Waals surface area contributed by atoms with Crippen molar-refractivity contribution in [1.29, 1.82) is 0 Å². The molecule has 2 N–H and O–H groups in total. The van der Waals surface area contributed by atoms with E-state index in [0.29, 0.717) is 19.0 Å². The first-order chi connectivity index (χ1) is 10.1. The van der Waals surface area contributed by atoms with Crippen molar-refractivity contribution < 1.29 is 19.0 Å². The molecular formula is C16H23NO4. The van der Waals surface area contributed by atoms with E-state index in [0.717, 1.165) is 18.6 Å². The van der Waals surface area contributed by atoms with E-state index in [9.17, 15) is 4.79 Å². The van der Waals surface area contributed by atoms with E-state index in [2.05, 4.69) is 0 Å². The van der Waals surface area contributed by atoms with E-state index in [4.69, 9.17) is 19.9 Å². The number of benzene rings is 1. The second-order valence-electron chi connectivity index (χ2n) is 5.23. The van der Waals surface area contributed by atoms with Gasteiger partial charge in [-0.2, -0.15) is 0 Å². The Kier molecular flexibility index (Phi) is 5.07. The molecule has 0 amide bonds. The van der Waals surface area contributed by atoms with Crippen LogP contribution < -0.4 is 15.2 Å². The Morgan fingerprint density at radius 2 is 1.90 bits per heavy atom. The quantitative estimate of drug-likeness (QED) is 0.744. The molecule has 5 nitrogen and oxygen atoms in total. The number of hydrogen-bond acceptors (Lipinski definition) is 5. The van der Waals surface area contributed by atoms with Crippen LogP contribution in [0, 0.1) is 5.92 Å². The zero-order valence-corrected chi connectivity index (χ0v) is 12.6. The lowest BCUT2D eigenvalue weighted by Gasteiger charge is -2.27. The molecule has 0 saturated heterocycles. The van der Waals surface area contributed by atoms with Crippen LogP contribution in [0.2, 0.25) is 0 Å². The molecule has 0 aliphatic heterocycles. The van der Waals surface area contributed by atoms with Crippen LogP contribution in [0.1, 0.15) is 26.7 Å². The topological polar surface area (TPSA) is 70.8 Å². The molecule has 1 saturated carbocycles. The fourth-order valence-electron chi connectivity index (χ4n) is 2.23. The predicted octanol–water partition coefficient (Wildman–Crippen LogP) is 2.13. The summed E-state index contributed by atoms with van der Waals surface area (Å²) in [4.78, 5) is 12.1. The molecule has 0 bridgehead atoms. The highest BCUT2D eigenvalue weighted by Crippen LogP contribution is 2.39. The Balaban J connectivity index is 2.01. The lowest BCUT2D eigenvalue weighted by atomic mass is 9.96. The lowest BCUT2D eigenvalue weighted by Crippen LogP contribution is -2.55. The van der Waals surface area contributed by atoms with E-state index in [1.54, 1.807) is 13.0 Å². The van der Waals surface area contributed by atoms with E-state index in [1.807, 2.05) is 25.1 Å². The van der Waals surface area contributed by atoms with Crippen molar-refractivity contribution in [3.63, 3.8) is 0 Å². The maximum atomic E-state index is 12.1. The maximum absolute atomic E-state index is 12.1. The van der Waals surface area contributed by atoms with Crippen molar-refractivity contribution in [3.8, 4) is 11.5 Å². The SMILES string of the molecule is CCOC(=O)C(N)(COc1cccc(OCC)c1)C1CC1. The van der Waals surface area contributed by atoms with Crippen LogP contribution in [0.25, 0.3) is 0 Å². The van der Waals surface area contributed by atoms with Crippen LogP contribution in [0.15, 0.2) is 24.3 Å². The highest BCUT2D eigenvalue weighted by atomic mass is 16.5. The largest absolute Gasteiger partial charge is 0.494 e. The predicted molar refractivity (Wildman–Crippen MR) is 79.4 cm³/mol. The molecule has 0 aromatic heterocycles. The molecule has 0 heterocycles. The third-order valence-electron chi connectivity index (χ3n) is 3.56. The van der Waals surface area contributed by atoms with E-state index < -0.39 is 5.54 Å². The van der Waals surface area contributed by atoms with Gasteiger partial charge < -0.3 is 19.9 Å². The Morgan fingerprint density at radius 1 is 1.24 bits per heavy atom. The number of carbonyl (C=O) groups is 1. The first-order valence-corrected chi connectivity index (χ1v) is 7.42. The molecular weight excluding hydrogens is 270 g/mol. The van der Waals surface area contributed by atoms with Crippen LogP contribution in [0.4, 0.5) is 0 Å². The van der Waals surface area contributed by atoms with E-state index >= 15 is 0 Å². The fourth-order valence-corrected chi connectivity index (χ4v) is 2.23. The first-order valence-electron chi connectivity index (χ1n) is 7.42. The highest BCUT2D eigenvalue weighted by molar-refractivity contribution is 5.81. The van der Waals surface area contributed by atoms with Gasteiger partial charge in [0.15, 0.2) is 5.54 Å². The summed E-state index contributed by atoms with van der Waals surface area (Å²) < 4.78 is 16.2. The zero-order chi connectivity index (χ0) is 15.3. The Morgan fingerprint density at radius 3 is 2.48 bits per heavy atom. The molecule has 21 heavy (non-hydrogen) atoms. The molecule has 0 spiro atoms. The van der Waals surface area contributed by atoms with Crippen molar-refractivity contribution in [3.05, 3.63) is 24.3 Å². The van der Waals surface area contributed by atoms with Crippen molar-refractivity contribution >= 4 is 5.97 Å². The summed E-state index contributed by atoms with van der Waals surface area (Å²) in [5.74, 6) is 1.14. The van der Waals surface area contributed by atoms with E-state index in [1.165, 1.54) is 0 Å². The first kappa shape index (κ1) is 15.6. The zero-order valence-electron chi connectivity index (χ0n) is 12.6. The molecule has 116 valence electrons. The summed E-state index contributed by atoms with van der Waals surface area (Å²) in [5, 5.41) is 0. The molecule has 5 heteroatoms. The molecule has 0 radical (unpaired) electrons. The standard InChI is InChI=1S/C16H23NO4/c1-3-19-13-6-5-7-14(10-13)21-11-16(17,12-8-9-12)15(18)20-4-2/h5-7,10,12H,3-4,8-9,11,17H2,1-2H3. The van der Waals surface area contributed by atoms with Crippen LogP contribution in [-0.2, 0) is 9.53 Å². The Labute approximate surface area is 125 Å². The third-order valence-corrected chi connectivity index (χ3v) is 3.56. The molecule has 1 aromatic rings. The van der Waals surface area contributed by atoms with Crippen LogP contribution in [0.5, 0.6) is 11.5 Å². The van der Waals surface area contributed by atoms with Gasteiger partial charge in [-0.15, -0.1) is 0 Å². The van der Waals surface area contributed by atoms with Crippen LogP contribution in [0.3, 0.4) is 0 Å². The third kappa shape index (κ3) is 3.88. The number of carbonyl (C=O) groups excluding carboxylic acids is 1. The molecule has 1 fully saturated rings. The van der Waals surface area contributed by atoms with Gasteiger partial charge in [-0.05, 0) is 44.7 Å². The minimum Gasteiger partial charge on any atom is -0.494 e. The summed E-state index contributed by atoms with van der Waals surface area (Å²) in [7, 11) is 0. The number of esters is 1. The number of nitrogens with two attached hydrogens (primary N) is 1. The average Bonchev–Trinajstić information content (AvgIpc) is 3.31. The molecule has 1 aliphatic carbocycles. The summed E-state index contributed by atoms with van der Waals surface area (Å²) in [6.45, 7) is 4.73. The van der Waals surface area contributed by atoms with E-state index in [-0.39, 0.29) is 18.5 Å². The second-order valence-corrected chi connectivity index (χ2v) is 5.23. The van der Waals surface area contributed by atoms with Crippen molar-refractivity contribution in [2.24, 2.45) is 11.7 Å². The van der Waals surface area contributed by atoms with Gasteiger partial charge in [0.25, 0.3) is 0 Å². The second kappa shape index (κ2) is 6.80. The summed E-state index contributed by atoms with van der Waals surface area (Å²) >= 11 is 0. The van der Waals surface area contributed by atoms with Gasteiger partial charge in [0.2, 0.25) is 0 Å². The number of ether oxygens (including phenoxy) is 3. The van der Waals surface area contributed by atoms with Gasteiger partial charge in [-0.1, -0.05) is 6.07 Å². The average molecular weight is 293 g/mol. The van der Waals surface area contributed by atoms with Crippen LogP contribution >= 0.6 is 0 Å². The van der Waals surface area contributed by atoms with Gasteiger partial charge in [-0.25, -0.2) is 4.79 Å². The van der Waals surface area contributed by atoms with Gasteiger partial charge >= 0.3 is 5.97 Å². The number of rotatable bonds is 8.